The maximum absolute atomic E-state index is 6.05. The van der Waals surface area contributed by atoms with Gasteiger partial charge in [0.1, 0.15) is 5.15 Å². The minimum absolute atomic E-state index is 0.543. The smallest absolute Gasteiger partial charge is 0.191 e. The average molecular weight is 343 g/mol. The molecule has 0 aliphatic heterocycles. The van der Waals surface area contributed by atoms with E-state index in [1.807, 2.05) is 34.8 Å². The van der Waals surface area contributed by atoms with Crippen molar-refractivity contribution in [3.05, 3.63) is 40.7 Å². The molecule has 2 aromatic heterocycles. The number of rotatable bonds is 6. The molecule has 2 rings (SSSR count). The quantitative estimate of drug-likeness (QED) is 0.481. The lowest BCUT2D eigenvalue weighted by atomic mass is 10.4. The van der Waals surface area contributed by atoms with Crippen molar-refractivity contribution in [3.8, 4) is 0 Å². The standard InChI is InChI=1S/C14H20Cl2N6/c1-17-14(19-4-3-6-22-7-5-18-10-22)20-9-11-8-12(15)13(16)21(11)2/h5,7-8,10H,3-4,6,9H2,1-2H3,(H2,17,19,20). The number of halogens is 2. The summed E-state index contributed by atoms with van der Waals surface area (Å²) in [6.45, 7) is 2.35. The van der Waals surface area contributed by atoms with Gasteiger partial charge < -0.3 is 19.8 Å². The molecule has 120 valence electrons. The first-order valence-corrected chi connectivity index (χ1v) is 7.77. The van der Waals surface area contributed by atoms with Crippen molar-refractivity contribution >= 4 is 29.2 Å². The van der Waals surface area contributed by atoms with Crippen LogP contribution in [0.2, 0.25) is 10.2 Å². The lowest BCUT2D eigenvalue weighted by molar-refractivity contribution is 0.623. The minimum Gasteiger partial charge on any atom is -0.356 e. The summed E-state index contributed by atoms with van der Waals surface area (Å²) in [4.78, 5) is 8.21. The molecule has 0 aliphatic carbocycles. The zero-order valence-corrected chi connectivity index (χ0v) is 14.2. The van der Waals surface area contributed by atoms with Crippen molar-refractivity contribution in [3.63, 3.8) is 0 Å². The molecule has 0 amide bonds. The summed E-state index contributed by atoms with van der Waals surface area (Å²) in [6, 6.07) is 1.85. The van der Waals surface area contributed by atoms with Gasteiger partial charge in [0, 0.05) is 45.3 Å². The Morgan fingerprint density at radius 3 is 2.77 bits per heavy atom. The Morgan fingerprint density at radius 1 is 1.36 bits per heavy atom. The molecule has 0 bridgehead atoms. The molecule has 0 unspecified atom stereocenters. The first-order chi connectivity index (χ1) is 10.6. The van der Waals surface area contributed by atoms with Gasteiger partial charge in [-0.25, -0.2) is 4.98 Å². The van der Waals surface area contributed by atoms with Crippen LogP contribution in [0.15, 0.2) is 29.8 Å². The summed E-state index contributed by atoms with van der Waals surface area (Å²) in [5.74, 6) is 0.749. The molecular formula is C14H20Cl2N6. The van der Waals surface area contributed by atoms with Crippen LogP contribution in [-0.4, -0.2) is 33.7 Å². The van der Waals surface area contributed by atoms with E-state index in [1.165, 1.54) is 0 Å². The summed E-state index contributed by atoms with van der Waals surface area (Å²) in [5.41, 5.74) is 0.997. The fourth-order valence-corrected chi connectivity index (χ4v) is 2.46. The second kappa shape index (κ2) is 8.10. The highest BCUT2D eigenvalue weighted by Gasteiger charge is 2.09. The highest BCUT2D eigenvalue weighted by Crippen LogP contribution is 2.24. The topological polar surface area (TPSA) is 59.2 Å². The summed E-state index contributed by atoms with van der Waals surface area (Å²) in [7, 11) is 3.63. The zero-order valence-electron chi connectivity index (χ0n) is 12.7. The predicted molar refractivity (Wildman–Crippen MR) is 90.5 cm³/mol. The van der Waals surface area contributed by atoms with E-state index in [1.54, 1.807) is 13.2 Å². The van der Waals surface area contributed by atoms with Gasteiger partial charge in [0.05, 0.1) is 17.9 Å². The van der Waals surface area contributed by atoms with Gasteiger partial charge in [0.2, 0.25) is 0 Å². The van der Waals surface area contributed by atoms with Crippen molar-refractivity contribution in [1.29, 1.82) is 0 Å². The van der Waals surface area contributed by atoms with Crippen LogP contribution in [0.3, 0.4) is 0 Å². The SMILES string of the molecule is CN=C(NCCCn1ccnc1)NCc1cc(Cl)c(Cl)n1C. The maximum Gasteiger partial charge on any atom is 0.191 e. The van der Waals surface area contributed by atoms with E-state index < -0.39 is 0 Å². The Balaban J connectivity index is 1.74. The number of aromatic nitrogens is 3. The zero-order chi connectivity index (χ0) is 15.9. The van der Waals surface area contributed by atoms with E-state index in [0.717, 1.165) is 31.2 Å². The Labute approximate surface area is 140 Å². The average Bonchev–Trinajstić information content (AvgIpc) is 3.11. The number of guanidine groups is 1. The van der Waals surface area contributed by atoms with Crippen molar-refractivity contribution in [2.45, 2.75) is 19.5 Å². The van der Waals surface area contributed by atoms with Crippen LogP contribution in [0.25, 0.3) is 0 Å². The number of nitrogens with zero attached hydrogens (tertiary/aromatic N) is 4. The monoisotopic (exact) mass is 342 g/mol. The van der Waals surface area contributed by atoms with Crippen LogP contribution in [0.5, 0.6) is 0 Å². The van der Waals surface area contributed by atoms with Crippen molar-refractivity contribution in [1.82, 2.24) is 24.8 Å². The second-order valence-electron chi connectivity index (χ2n) is 4.84. The molecule has 2 heterocycles. The van der Waals surface area contributed by atoms with Gasteiger partial charge in [-0.05, 0) is 12.5 Å². The molecule has 0 radical (unpaired) electrons. The Kier molecular flexibility index (Phi) is 6.15. The Bertz CT molecular complexity index is 618. The number of hydrogen-bond acceptors (Lipinski definition) is 2. The molecule has 0 atom stereocenters. The summed E-state index contributed by atoms with van der Waals surface area (Å²) in [6.07, 6.45) is 6.54. The summed E-state index contributed by atoms with van der Waals surface area (Å²) >= 11 is 12.1. The first kappa shape index (κ1) is 16.7. The third-order valence-electron chi connectivity index (χ3n) is 3.32. The van der Waals surface area contributed by atoms with Crippen LogP contribution in [0.4, 0.5) is 0 Å². The Hall–Kier alpha value is -1.66. The van der Waals surface area contributed by atoms with Crippen LogP contribution in [0.1, 0.15) is 12.1 Å². The molecule has 0 fully saturated rings. The number of nitrogens with one attached hydrogen (secondary N) is 2. The number of aryl methyl sites for hydroxylation is 1. The van der Waals surface area contributed by atoms with Gasteiger partial charge in [0.25, 0.3) is 0 Å². The molecule has 6 nitrogen and oxygen atoms in total. The number of aliphatic imine (C=N–C) groups is 1. The largest absolute Gasteiger partial charge is 0.356 e. The fourth-order valence-electron chi connectivity index (χ4n) is 2.04. The summed E-state index contributed by atoms with van der Waals surface area (Å²) < 4.78 is 3.90. The van der Waals surface area contributed by atoms with E-state index >= 15 is 0 Å². The molecule has 0 saturated carbocycles. The third-order valence-corrected chi connectivity index (χ3v) is 4.16. The van der Waals surface area contributed by atoms with Gasteiger partial charge in [-0.3, -0.25) is 4.99 Å². The van der Waals surface area contributed by atoms with Crippen LogP contribution < -0.4 is 10.6 Å². The van der Waals surface area contributed by atoms with E-state index in [-0.39, 0.29) is 0 Å². The number of hydrogen-bond donors (Lipinski definition) is 2. The second-order valence-corrected chi connectivity index (χ2v) is 5.61. The van der Waals surface area contributed by atoms with Gasteiger partial charge in [0.15, 0.2) is 5.96 Å². The van der Waals surface area contributed by atoms with Crippen molar-refractivity contribution < 1.29 is 0 Å². The fraction of sp³-hybridized carbons (Fsp3) is 0.429. The molecule has 0 saturated heterocycles. The lowest BCUT2D eigenvalue weighted by Crippen LogP contribution is -2.37. The van der Waals surface area contributed by atoms with Crippen molar-refractivity contribution in [2.24, 2.45) is 12.0 Å². The van der Waals surface area contributed by atoms with E-state index in [4.69, 9.17) is 23.2 Å². The number of imidazole rings is 1. The maximum atomic E-state index is 6.05. The third kappa shape index (κ3) is 4.42. The molecule has 2 N–H and O–H groups in total. The molecular weight excluding hydrogens is 323 g/mol. The minimum atomic E-state index is 0.543. The molecule has 0 aliphatic rings. The highest BCUT2D eigenvalue weighted by atomic mass is 35.5. The van der Waals surface area contributed by atoms with E-state index in [2.05, 4.69) is 20.6 Å². The predicted octanol–water partition coefficient (Wildman–Crippen LogP) is 2.28. The van der Waals surface area contributed by atoms with Gasteiger partial charge in [-0.1, -0.05) is 23.2 Å². The van der Waals surface area contributed by atoms with Crippen LogP contribution in [-0.2, 0) is 20.1 Å². The van der Waals surface area contributed by atoms with E-state index in [0.29, 0.717) is 16.7 Å². The molecule has 0 aromatic carbocycles. The van der Waals surface area contributed by atoms with Gasteiger partial charge in [-0.2, -0.15) is 0 Å². The van der Waals surface area contributed by atoms with Crippen LogP contribution >= 0.6 is 23.2 Å². The lowest BCUT2D eigenvalue weighted by Gasteiger charge is -2.12. The van der Waals surface area contributed by atoms with Gasteiger partial charge >= 0.3 is 0 Å². The van der Waals surface area contributed by atoms with Gasteiger partial charge in [-0.15, -0.1) is 0 Å². The molecule has 22 heavy (non-hydrogen) atoms. The first-order valence-electron chi connectivity index (χ1n) is 7.01. The Morgan fingerprint density at radius 2 is 2.18 bits per heavy atom. The van der Waals surface area contributed by atoms with Crippen molar-refractivity contribution in [2.75, 3.05) is 13.6 Å². The normalized spacial score (nSPS) is 11.7. The summed E-state index contributed by atoms with van der Waals surface area (Å²) in [5, 5.41) is 7.62. The van der Waals surface area contributed by atoms with E-state index in [9.17, 15) is 0 Å². The molecule has 0 spiro atoms. The highest BCUT2D eigenvalue weighted by molar-refractivity contribution is 6.41. The molecule has 2 aromatic rings. The van der Waals surface area contributed by atoms with Crippen LogP contribution in [0, 0.1) is 0 Å². The molecule has 8 heteroatoms.